The number of aryl methyl sites for hydroxylation is 2. The minimum atomic E-state index is -1.56. The molecule has 1 amide bonds. The average molecular weight is 283 g/mol. The highest BCUT2D eigenvalue weighted by Crippen LogP contribution is 2.23. The second kappa shape index (κ2) is 7.16. The molecule has 0 aliphatic heterocycles. The van der Waals surface area contributed by atoms with Crippen LogP contribution in [-0.4, -0.2) is 40.5 Å². The summed E-state index contributed by atoms with van der Waals surface area (Å²) in [6, 6.07) is 5.99. The summed E-state index contributed by atoms with van der Waals surface area (Å²) in [4.78, 5) is 22.9. The molecule has 0 saturated heterocycles. The Balaban J connectivity index is 2.42. The number of thioether (sulfide) groups is 1. The quantitative estimate of drug-likeness (QED) is 0.677. The Morgan fingerprint density at radius 1 is 1.37 bits per heavy atom. The lowest BCUT2D eigenvalue weighted by atomic mass is 10.2. The van der Waals surface area contributed by atoms with E-state index in [4.69, 9.17) is 10.2 Å². The van der Waals surface area contributed by atoms with Crippen LogP contribution in [-0.2, 0) is 9.59 Å². The van der Waals surface area contributed by atoms with E-state index in [2.05, 4.69) is 5.32 Å². The number of rotatable bonds is 6. The highest BCUT2D eigenvalue weighted by molar-refractivity contribution is 8.00. The molecule has 6 heteroatoms. The van der Waals surface area contributed by atoms with Crippen LogP contribution in [0.15, 0.2) is 23.1 Å². The fraction of sp³-hybridized carbons (Fsp3) is 0.385. The smallest absolute Gasteiger partial charge is 0.334 e. The van der Waals surface area contributed by atoms with Crippen molar-refractivity contribution >= 4 is 23.6 Å². The molecule has 1 rings (SSSR count). The second-order valence-electron chi connectivity index (χ2n) is 4.22. The summed E-state index contributed by atoms with van der Waals surface area (Å²) in [6.07, 6.45) is -1.56. The van der Waals surface area contributed by atoms with E-state index in [-0.39, 0.29) is 18.2 Å². The molecular weight excluding hydrogens is 266 g/mol. The van der Waals surface area contributed by atoms with Gasteiger partial charge in [-0.25, -0.2) is 4.79 Å². The van der Waals surface area contributed by atoms with Crippen molar-refractivity contribution in [2.45, 2.75) is 24.8 Å². The molecule has 0 spiro atoms. The van der Waals surface area contributed by atoms with Crippen LogP contribution in [0.5, 0.6) is 0 Å². The zero-order valence-corrected chi connectivity index (χ0v) is 11.7. The number of benzene rings is 1. The van der Waals surface area contributed by atoms with Crippen LogP contribution in [0.4, 0.5) is 0 Å². The number of carboxylic acids is 1. The number of hydrogen-bond donors (Lipinski definition) is 3. The van der Waals surface area contributed by atoms with Gasteiger partial charge < -0.3 is 15.5 Å². The molecule has 0 radical (unpaired) electrons. The number of aliphatic hydroxyl groups excluding tert-OH is 1. The SMILES string of the molecule is Cc1ccc(C)c(SCC(=O)NCC(O)C(=O)O)c1. The molecule has 1 unspecified atom stereocenters. The molecule has 5 nitrogen and oxygen atoms in total. The zero-order chi connectivity index (χ0) is 14.4. The zero-order valence-electron chi connectivity index (χ0n) is 10.8. The lowest BCUT2D eigenvalue weighted by Crippen LogP contribution is -2.37. The van der Waals surface area contributed by atoms with Crippen molar-refractivity contribution in [1.82, 2.24) is 5.32 Å². The third kappa shape index (κ3) is 5.32. The number of carboxylic acid groups (broad SMARTS) is 1. The van der Waals surface area contributed by atoms with Crippen molar-refractivity contribution in [2.75, 3.05) is 12.3 Å². The van der Waals surface area contributed by atoms with Crippen LogP contribution < -0.4 is 5.32 Å². The molecule has 0 fully saturated rings. The van der Waals surface area contributed by atoms with Crippen LogP contribution >= 0.6 is 11.8 Å². The van der Waals surface area contributed by atoms with Crippen LogP contribution in [0.25, 0.3) is 0 Å². The molecule has 0 aromatic heterocycles. The Hall–Kier alpha value is -1.53. The van der Waals surface area contributed by atoms with Gasteiger partial charge in [-0.2, -0.15) is 0 Å². The number of aliphatic hydroxyl groups is 1. The lowest BCUT2D eigenvalue weighted by Gasteiger charge is -2.09. The molecule has 0 aliphatic carbocycles. The van der Waals surface area contributed by atoms with Crippen LogP contribution in [0.1, 0.15) is 11.1 Å². The fourth-order valence-corrected chi connectivity index (χ4v) is 2.31. The van der Waals surface area contributed by atoms with Gasteiger partial charge in [-0.05, 0) is 25.5 Å². The van der Waals surface area contributed by atoms with Crippen molar-refractivity contribution in [2.24, 2.45) is 0 Å². The Morgan fingerprint density at radius 3 is 2.68 bits per heavy atom. The maximum atomic E-state index is 11.5. The van der Waals surface area contributed by atoms with E-state index in [0.29, 0.717) is 0 Å². The highest BCUT2D eigenvalue weighted by atomic mass is 32.2. The van der Waals surface area contributed by atoms with Crippen molar-refractivity contribution in [3.05, 3.63) is 29.3 Å². The second-order valence-corrected chi connectivity index (χ2v) is 5.23. The maximum absolute atomic E-state index is 11.5. The molecule has 104 valence electrons. The normalized spacial score (nSPS) is 11.9. The summed E-state index contributed by atoms with van der Waals surface area (Å²) in [5.74, 6) is -1.45. The predicted octanol–water partition coefficient (Wildman–Crippen LogP) is 0.957. The predicted molar refractivity (Wildman–Crippen MR) is 73.3 cm³/mol. The van der Waals surface area contributed by atoms with Crippen molar-refractivity contribution in [3.8, 4) is 0 Å². The molecule has 0 saturated carbocycles. The first-order valence-corrected chi connectivity index (χ1v) is 6.76. The Morgan fingerprint density at radius 2 is 2.05 bits per heavy atom. The summed E-state index contributed by atoms with van der Waals surface area (Å²) < 4.78 is 0. The Labute approximate surface area is 116 Å². The number of carbonyl (C=O) groups excluding carboxylic acids is 1. The highest BCUT2D eigenvalue weighted by Gasteiger charge is 2.14. The molecule has 3 N–H and O–H groups in total. The summed E-state index contributed by atoms with van der Waals surface area (Å²) in [5, 5.41) is 19.9. The first-order chi connectivity index (χ1) is 8.90. The monoisotopic (exact) mass is 283 g/mol. The topological polar surface area (TPSA) is 86.6 Å². The van der Waals surface area contributed by atoms with E-state index >= 15 is 0 Å². The first-order valence-electron chi connectivity index (χ1n) is 5.77. The summed E-state index contributed by atoms with van der Waals surface area (Å²) >= 11 is 1.39. The molecule has 1 atom stereocenters. The van der Waals surface area contributed by atoms with Gasteiger partial charge in [0, 0.05) is 4.90 Å². The summed E-state index contributed by atoms with van der Waals surface area (Å²) in [7, 11) is 0. The summed E-state index contributed by atoms with van der Waals surface area (Å²) in [5.41, 5.74) is 2.21. The van der Waals surface area contributed by atoms with E-state index in [1.54, 1.807) is 0 Å². The van der Waals surface area contributed by atoms with Gasteiger partial charge in [0.2, 0.25) is 5.91 Å². The van der Waals surface area contributed by atoms with E-state index in [0.717, 1.165) is 16.0 Å². The maximum Gasteiger partial charge on any atom is 0.334 e. The molecule has 0 heterocycles. The minimum absolute atomic E-state index is 0.191. The molecule has 1 aromatic rings. The minimum Gasteiger partial charge on any atom is -0.479 e. The standard InChI is InChI=1S/C13H17NO4S/c1-8-3-4-9(2)11(5-8)19-7-12(16)14-6-10(15)13(17)18/h3-5,10,15H,6-7H2,1-2H3,(H,14,16)(H,17,18). The number of carbonyl (C=O) groups is 2. The van der Waals surface area contributed by atoms with Gasteiger partial charge in [-0.15, -0.1) is 11.8 Å². The van der Waals surface area contributed by atoms with Crippen LogP contribution in [0, 0.1) is 13.8 Å². The third-order valence-corrected chi connectivity index (χ3v) is 3.64. The molecule has 1 aromatic carbocycles. The number of aliphatic carboxylic acids is 1. The van der Waals surface area contributed by atoms with E-state index in [1.807, 2.05) is 32.0 Å². The van der Waals surface area contributed by atoms with Gasteiger partial charge in [0.1, 0.15) is 0 Å². The fourth-order valence-electron chi connectivity index (χ4n) is 1.35. The van der Waals surface area contributed by atoms with Gasteiger partial charge in [0.05, 0.1) is 12.3 Å². The average Bonchev–Trinajstić information content (AvgIpc) is 2.36. The van der Waals surface area contributed by atoms with Crippen LogP contribution in [0.3, 0.4) is 0 Å². The number of hydrogen-bond acceptors (Lipinski definition) is 4. The van der Waals surface area contributed by atoms with E-state index in [9.17, 15) is 9.59 Å². The van der Waals surface area contributed by atoms with Crippen molar-refractivity contribution in [3.63, 3.8) is 0 Å². The van der Waals surface area contributed by atoms with Gasteiger partial charge in [0.15, 0.2) is 6.10 Å². The Bertz CT molecular complexity index is 476. The molecule has 19 heavy (non-hydrogen) atoms. The molecular formula is C13H17NO4S. The van der Waals surface area contributed by atoms with Crippen molar-refractivity contribution < 1.29 is 19.8 Å². The number of nitrogens with one attached hydrogen (secondary N) is 1. The van der Waals surface area contributed by atoms with E-state index in [1.165, 1.54) is 11.8 Å². The molecule has 0 bridgehead atoms. The van der Waals surface area contributed by atoms with Gasteiger partial charge in [-0.1, -0.05) is 17.7 Å². The molecule has 0 aliphatic rings. The van der Waals surface area contributed by atoms with Crippen molar-refractivity contribution in [1.29, 1.82) is 0 Å². The Kier molecular flexibility index (Phi) is 5.85. The number of amides is 1. The van der Waals surface area contributed by atoms with Gasteiger partial charge in [0.25, 0.3) is 0 Å². The van der Waals surface area contributed by atoms with Crippen LogP contribution in [0.2, 0.25) is 0 Å². The van der Waals surface area contributed by atoms with E-state index < -0.39 is 12.1 Å². The lowest BCUT2D eigenvalue weighted by molar-refractivity contribution is -0.146. The summed E-state index contributed by atoms with van der Waals surface area (Å²) in [6.45, 7) is 3.67. The van der Waals surface area contributed by atoms with Gasteiger partial charge >= 0.3 is 5.97 Å². The largest absolute Gasteiger partial charge is 0.479 e. The van der Waals surface area contributed by atoms with Gasteiger partial charge in [-0.3, -0.25) is 4.79 Å². The first kappa shape index (κ1) is 15.5. The third-order valence-electron chi connectivity index (χ3n) is 2.48.